The highest BCUT2D eigenvalue weighted by Crippen LogP contribution is 2.23. The Balaban J connectivity index is 1.82. The predicted octanol–water partition coefficient (Wildman–Crippen LogP) is 4.26. The van der Waals surface area contributed by atoms with Crippen LogP contribution in [0.25, 0.3) is 11.3 Å². The molecule has 0 aliphatic heterocycles. The number of anilines is 1. The minimum absolute atomic E-state index is 0.195. The first-order valence-corrected chi connectivity index (χ1v) is 7.38. The summed E-state index contributed by atoms with van der Waals surface area (Å²) in [6.07, 6.45) is 1.53. The molecule has 23 heavy (non-hydrogen) atoms. The fraction of sp³-hybridized carbons (Fsp3) is 0.118. The molecule has 3 rings (SSSR count). The van der Waals surface area contributed by atoms with Crippen molar-refractivity contribution in [2.24, 2.45) is 0 Å². The molecule has 1 amide bonds. The number of benzene rings is 1. The third kappa shape index (κ3) is 3.40. The van der Waals surface area contributed by atoms with Crippen LogP contribution in [0.4, 0.5) is 5.69 Å². The number of aryl methyl sites for hydroxylation is 2. The third-order valence-electron chi connectivity index (χ3n) is 3.35. The molecule has 2 heterocycles. The summed E-state index contributed by atoms with van der Waals surface area (Å²) in [6.45, 7) is 3.77. The number of aromatic nitrogens is 2. The standard InChI is InChI=1S/C17H14ClN3O2/c1-10-4-3-5-12(6-10)16-8-15(21-23-16)17(22)20-14-7-13(18)9-19-11(14)2/h3-9H,1-2H3,(H,20,22). The molecule has 3 aromatic rings. The van der Waals surface area contributed by atoms with Crippen molar-refractivity contribution in [1.29, 1.82) is 0 Å². The molecule has 1 aromatic carbocycles. The van der Waals surface area contributed by atoms with Crippen molar-refractivity contribution in [2.75, 3.05) is 5.32 Å². The molecule has 116 valence electrons. The van der Waals surface area contributed by atoms with E-state index in [-0.39, 0.29) is 11.6 Å². The topological polar surface area (TPSA) is 68.0 Å². The monoisotopic (exact) mass is 327 g/mol. The summed E-state index contributed by atoms with van der Waals surface area (Å²) in [5.74, 6) is 0.166. The van der Waals surface area contributed by atoms with E-state index in [1.165, 1.54) is 6.20 Å². The summed E-state index contributed by atoms with van der Waals surface area (Å²) in [6, 6.07) is 11.0. The molecule has 1 N–H and O–H groups in total. The highest BCUT2D eigenvalue weighted by atomic mass is 35.5. The summed E-state index contributed by atoms with van der Waals surface area (Å²) in [4.78, 5) is 16.4. The van der Waals surface area contributed by atoms with Gasteiger partial charge in [0.2, 0.25) is 0 Å². The summed E-state index contributed by atoms with van der Waals surface area (Å²) in [5.41, 5.74) is 3.39. The Kier molecular flexibility index (Phi) is 4.12. The molecule has 0 unspecified atom stereocenters. The molecule has 0 bridgehead atoms. The van der Waals surface area contributed by atoms with Crippen LogP contribution in [0, 0.1) is 13.8 Å². The lowest BCUT2D eigenvalue weighted by molar-refractivity contribution is 0.101. The second-order valence-electron chi connectivity index (χ2n) is 5.19. The molecule has 0 spiro atoms. The second-order valence-corrected chi connectivity index (χ2v) is 5.62. The molecule has 0 fully saturated rings. The van der Waals surface area contributed by atoms with Gasteiger partial charge in [0.15, 0.2) is 11.5 Å². The van der Waals surface area contributed by atoms with Crippen molar-refractivity contribution >= 4 is 23.2 Å². The minimum Gasteiger partial charge on any atom is -0.355 e. The lowest BCUT2D eigenvalue weighted by Crippen LogP contribution is -2.13. The van der Waals surface area contributed by atoms with Gasteiger partial charge in [-0.1, -0.05) is 40.5 Å². The summed E-state index contributed by atoms with van der Waals surface area (Å²) in [7, 11) is 0. The van der Waals surface area contributed by atoms with Crippen molar-refractivity contribution in [1.82, 2.24) is 10.1 Å². The summed E-state index contributed by atoms with van der Waals surface area (Å²) in [5, 5.41) is 7.02. The van der Waals surface area contributed by atoms with E-state index in [2.05, 4.69) is 15.5 Å². The first-order chi connectivity index (χ1) is 11.0. The van der Waals surface area contributed by atoms with Gasteiger partial charge in [0.25, 0.3) is 5.91 Å². The van der Waals surface area contributed by atoms with Gasteiger partial charge >= 0.3 is 0 Å². The van der Waals surface area contributed by atoms with Gasteiger partial charge in [0.1, 0.15) is 0 Å². The van der Waals surface area contributed by atoms with Crippen LogP contribution in [0.15, 0.2) is 47.1 Å². The molecular weight excluding hydrogens is 314 g/mol. The predicted molar refractivity (Wildman–Crippen MR) is 88.6 cm³/mol. The largest absolute Gasteiger partial charge is 0.355 e. The Morgan fingerprint density at radius 3 is 2.83 bits per heavy atom. The smallest absolute Gasteiger partial charge is 0.277 e. The minimum atomic E-state index is -0.375. The number of hydrogen-bond donors (Lipinski definition) is 1. The SMILES string of the molecule is Cc1cccc(-c2cc(C(=O)Nc3cc(Cl)cnc3C)no2)c1. The van der Waals surface area contributed by atoms with Gasteiger partial charge < -0.3 is 9.84 Å². The Labute approximate surface area is 138 Å². The van der Waals surface area contributed by atoms with Crippen molar-refractivity contribution in [3.8, 4) is 11.3 Å². The van der Waals surface area contributed by atoms with E-state index in [0.29, 0.717) is 22.2 Å². The zero-order valence-electron chi connectivity index (χ0n) is 12.6. The zero-order chi connectivity index (χ0) is 16.4. The van der Waals surface area contributed by atoms with Crippen molar-refractivity contribution in [3.05, 3.63) is 64.6 Å². The summed E-state index contributed by atoms with van der Waals surface area (Å²) < 4.78 is 5.27. The van der Waals surface area contributed by atoms with Crippen molar-refractivity contribution in [2.45, 2.75) is 13.8 Å². The van der Waals surface area contributed by atoms with Crippen LogP contribution in [-0.4, -0.2) is 16.0 Å². The Morgan fingerprint density at radius 1 is 1.22 bits per heavy atom. The van der Waals surface area contributed by atoms with Crippen LogP contribution in [-0.2, 0) is 0 Å². The van der Waals surface area contributed by atoms with Gasteiger partial charge in [-0.25, -0.2) is 0 Å². The number of carbonyl (C=O) groups is 1. The number of nitrogens with zero attached hydrogens (tertiary/aromatic N) is 2. The zero-order valence-corrected chi connectivity index (χ0v) is 13.4. The Bertz CT molecular complexity index is 874. The number of pyridine rings is 1. The van der Waals surface area contributed by atoms with Crippen molar-refractivity contribution < 1.29 is 9.32 Å². The average Bonchev–Trinajstić information content (AvgIpc) is 3.01. The Morgan fingerprint density at radius 2 is 2.04 bits per heavy atom. The summed E-state index contributed by atoms with van der Waals surface area (Å²) >= 11 is 5.90. The van der Waals surface area contributed by atoms with E-state index in [4.69, 9.17) is 16.1 Å². The lowest BCUT2D eigenvalue weighted by Gasteiger charge is -2.05. The molecule has 0 saturated heterocycles. The second kappa shape index (κ2) is 6.22. The van der Waals surface area contributed by atoms with Crippen LogP contribution in [0.2, 0.25) is 5.02 Å². The van der Waals surface area contributed by atoms with Crippen LogP contribution >= 0.6 is 11.6 Å². The molecular formula is C17H14ClN3O2. The van der Waals surface area contributed by atoms with Gasteiger partial charge in [-0.3, -0.25) is 9.78 Å². The van der Waals surface area contributed by atoms with E-state index >= 15 is 0 Å². The van der Waals surface area contributed by atoms with Gasteiger partial charge in [-0.2, -0.15) is 0 Å². The quantitative estimate of drug-likeness (QED) is 0.780. The van der Waals surface area contributed by atoms with Crippen LogP contribution < -0.4 is 5.32 Å². The fourth-order valence-electron chi connectivity index (χ4n) is 2.14. The van der Waals surface area contributed by atoms with Gasteiger partial charge in [0, 0.05) is 17.8 Å². The normalized spacial score (nSPS) is 10.6. The fourth-order valence-corrected chi connectivity index (χ4v) is 2.30. The average molecular weight is 328 g/mol. The van der Waals surface area contributed by atoms with Crippen molar-refractivity contribution in [3.63, 3.8) is 0 Å². The van der Waals surface area contributed by atoms with Crippen LogP contribution in [0.5, 0.6) is 0 Å². The van der Waals surface area contributed by atoms with Gasteiger partial charge in [-0.15, -0.1) is 0 Å². The van der Waals surface area contributed by atoms with Crippen LogP contribution in [0.1, 0.15) is 21.7 Å². The molecule has 6 heteroatoms. The number of hydrogen-bond acceptors (Lipinski definition) is 4. The van der Waals surface area contributed by atoms with E-state index in [1.807, 2.05) is 31.2 Å². The molecule has 0 radical (unpaired) electrons. The number of rotatable bonds is 3. The highest BCUT2D eigenvalue weighted by molar-refractivity contribution is 6.30. The first kappa shape index (κ1) is 15.2. The van der Waals surface area contributed by atoms with E-state index in [9.17, 15) is 4.79 Å². The van der Waals surface area contributed by atoms with Crippen LogP contribution in [0.3, 0.4) is 0 Å². The molecule has 2 aromatic heterocycles. The Hall–Kier alpha value is -2.66. The highest BCUT2D eigenvalue weighted by Gasteiger charge is 2.15. The third-order valence-corrected chi connectivity index (χ3v) is 3.55. The van der Waals surface area contributed by atoms with E-state index in [1.54, 1.807) is 19.1 Å². The number of carbonyl (C=O) groups excluding carboxylic acids is 1. The molecule has 0 aliphatic carbocycles. The number of amides is 1. The molecule has 0 aliphatic rings. The van der Waals surface area contributed by atoms with E-state index in [0.717, 1.165) is 11.1 Å². The maximum Gasteiger partial charge on any atom is 0.277 e. The molecule has 0 saturated carbocycles. The van der Waals surface area contributed by atoms with Gasteiger partial charge in [-0.05, 0) is 26.0 Å². The first-order valence-electron chi connectivity index (χ1n) is 7.00. The number of halogens is 1. The molecule has 5 nitrogen and oxygen atoms in total. The van der Waals surface area contributed by atoms with Gasteiger partial charge in [0.05, 0.1) is 16.4 Å². The number of nitrogens with one attached hydrogen (secondary N) is 1. The lowest BCUT2D eigenvalue weighted by atomic mass is 10.1. The maximum absolute atomic E-state index is 12.3. The molecule has 0 atom stereocenters. The maximum atomic E-state index is 12.3. The van der Waals surface area contributed by atoms with E-state index < -0.39 is 0 Å².